The van der Waals surface area contributed by atoms with Gasteiger partial charge >= 0.3 is 0 Å². The van der Waals surface area contributed by atoms with Gasteiger partial charge in [-0.25, -0.2) is 0 Å². The molecule has 0 radical (unpaired) electrons. The summed E-state index contributed by atoms with van der Waals surface area (Å²) >= 11 is 0. The van der Waals surface area contributed by atoms with E-state index in [9.17, 15) is 0 Å². The Bertz CT molecular complexity index is 319. The lowest BCUT2D eigenvalue weighted by atomic mass is 9.87. The monoisotopic (exact) mass is 247 g/mol. The van der Waals surface area contributed by atoms with E-state index in [1.54, 1.807) is 0 Å². The summed E-state index contributed by atoms with van der Waals surface area (Å²) in [5.41, 5.74) is 1.44. The lowest BCUT2D eigenvalue weighted by Crippen LogP contribution is -2.41. The van der Waals surface area contributed by atoms with Crippen LogP contribution in [0.2, 0.25) is 0 Å². The minimum atomic E-state index is 0.608. The highest BCUT2D eigenvalue weighted by molar-refractivity contribution is 5.16. The summed E-state index contributed by atoms with van der Waals surface area (Å²) in [4.78, 5) is 0. The first-order valence-corrected chi connectivity index (χ1v) is 7.25. The van der Waals surface area contributed by atoms with E-state index in [1.165, 1.54) is 24.8 Å². The van der Waals surface area contributed by atoms with Crippen molar-refractivity contribution in [1.29, 1.82) is 0 Å². The number of hydrogen-bond acceptors (Lipinski definition) is 2. The molecule has 1 aliphatic heterocycles. The smallest absolute Gasteiger partial charge is 0.0469 e. The molecular weight excluding hydrogens is 222 g/mol. The van der Waals surface area contributed by atoms with Crippen molar-refractivity contribution < 1.29 is 4.74 Å². The zero-order valence-electron chi connectivity index (χ0n) is 11.4. The molecule has 1 unspecified atom stereocenters. The average molecular weight is 247 g/mol. The Labute approximate surface area is 111 Å². The van der Waals surface area contributed by atoms with E-state index < -0.39 is 0 Å². The van der Waals surface area contributed by atoms with Crippen LogP contribution in [0.5, 0.6) is 0 Å². The van der Waals surface area contributed by atoms with Crippen molar-refractivity contribution in [3.63, 3.8) is 0 Å². The van der Waals surface area contributed by atoms with Crippen molar-refractivity contribution in [2.45, 2.75) is 38.6 Å². The minimum absolute atomic E-state index is 0.608. The Hall–Kier alpha value is -0.860. The maximum absolute atomic E-state index is 5.48. The summed E-state index contributed by atoms with van der Waals surface area (Å²) in [6, 6.07) is 11.4. The summed E-state index contributed by atoms with van der Waals surface area (Å²) in [5, 5.41) is 3.73. The largest absolute Gasteiger partial charge is 0.381 e. The molecule has 0 spiro atoms. The molecule has 1 aromatic carbocycles. The Kier molecular flexibility index (Phi) is 5.69. The van der Waals surface area contributed by atoms with Gasteiger partial charge in [-0.15, -0.1) is 0 Å². The van der Waals surface area contributed by atoms with Gasteiger partial charge in [-0.2, -0.15) is 0 Å². The highest BCUT2D eigenvalue weighted by Crippen LogP contribution is 2.21. The van der Waals surface area contributed by atoms with Crippen molar-refractivity contribution >= 4 is 0 Å². The molecule has 18 heavy (non-hydrogen) atoms. The van der Waals surface area contributed by atoms with E-state index in [-0.39, 0.29) is 0 Å². The summed E-state index contributed by atoms with van der Waals surface area (Å²) < 4.78 is 5.48. The lowest BCUT2D eigenvalue weighted by Gasteiger charge is -2.31. The van der Waals surface area contributed by atoms with Gasteiger partial charge in [0.2, 0.25) is 0 Å². The molecule has 1 heterocycles. The fourth-order valence-electron chi connectivity index (χ4n) is 2.72. The van der Waals surface area contributed by atoms with Crippen molar-refractivity contribution in [2.24, 2.45) is 5.92 Å². The third-order valence-electron chi connectivity index (χ3n) is 3.79. The van der Waals surface area contributed by atoms with Gasteiger partial charge in [-0.1, -0.05) is 37.3 Å². The number of benzene rings is 1. The molecule has 1 N–H and O–H groups in total. The van der Waals surface area contributed by atoms with Crippen molar-refractivity contribution in [1.82, 2.24) is 5.32 Å². The zero-order valence-corrected chi connectivity index (χ0v) is 11.4. The van der Waals surface area contributed by atoms with Crippen LogP contribution in [-0.2, 0) is 11.2 Å². The second-order valence-corrected chi connectivity index (χ2v) is 5.20. The SMILES string of the molecule is CCCNC(Cc1ccccc1)C1CCOCC1. The molecule has 100 valence electrons. The van der Waals surface area contributed by atoms with Crippen LogP contribution in [0.1, 0.15) is 31.7 Å². The van der Waals surface area contributed by atoms with Gasteiger partial charge in [0.1, 0.15) is 0 Å². The van der Waals surface area contributed by atoms with E-state index in [4.69, 9.17) is 4.74 Å². The first kappa shape index (κ1) is 13.6. The molecule has 1 atom stereocenters. The Balaban J connectivity index is 1.95. The molecular formula is C16H25NO. The minimum Gasteiger partial charge on any atom is -0.381 e. The average Bonchev–Trinajstić information content (AvgIpc) is 2.45. The van der Waals surface area contributed by atoms with Gasteiger partial charge in [0.25, 0.3) is 0 Å². The van der Waals surface area contributed by atoms with E-state index in [0.717, 1.165) is 32.1 Å². The zero-order chi connectivity index (χ0) is 12.6. The van der Waals surface area contributed by atoms with Gasteiger partial charge in [0.05, 0.1) is 0 Å². The summed E-state index contributed by atoms with van der Waals surface area (Å²) in [6.45, 7) is 5.22. The van der Waals surface area contributed by atoms with Crippen LogP contribution in [0.4, 0.5) is 0 Å². The van der Waals surface area contributed by atoms with E-state index >= 15 is 0 Å². The Morgan fingerprint density at radius 3 is 2.61 bits per heavy atom. The molecule has 0 aromatic heterocycles. The van der Waals surface area contributed by atoms with Gasteiger partial charge in [0, 0.05) is 19.3 Å². The molecule has 0 amide bonds. The third-order valence-corrected chi connectivity index (χ3v) is 3.79. The predicted molar refractivity (Wildman–Crippen MR) is 75.8 cm³/mol. The summed E-state index contributed by atoms with van der Waals surface area (Å²) in [6.07, 6.45) is 4.75. The number of hydrogen-bond donors (Lipinski definition) is 1. The fourth-order valence-corrected chi connectivity index (χ4v) is 2.72. The van der Waals surface area contributed by atoms with Gasteiger partial charge in [-0.3, -0.25) is 0 Å². The molecule has 0 saturated carbocycles. The molecule has 1 aromatic rings. The predicted octanol–water partition coefficient (Wildman–Crippen LogP) is 3.02. The van der Waals surface area contributed by atoms with Gasteiger partial charge in [-0.05, 0) is 43.7 Å². The van der Waals surface area contributed by atoms with Crippen LogP contribution >= 0.6 is 0 Å². The van der Waals surface area contributed by atoms with Gasteiger partial charge in [0.15, 0.2) is 0 Å². The van der Waals surface area contributed by atoms with Crippen molar-refractivity contribution in [2.75, 3.05) is 19.8 Å². The fraction of sp³-hybridized carbons (Fsp3) is 0.625. The quantitative estimate of drug-likeness (QED) is 0.834. The number of nitrogens with one attached hydrogen (secondary N) is 1. The first-order chi connectivity index (χ1) is 8.90. The van der Waals surface area contributed by atoms with E-state index in [1.807, 2.05) is 0 Å². The third kappa shape index (κ3) is 4.11. The first-order valence-electron chi connectivity index (χ1n) is 7.25. The number of ether oxygens (including phenoxy) is 1. The normalized spacial score (nSPS) is 18.7. The molecule has 1 saturated heterocycles. The molecule has 1 fully saturated rings. The number of rotatable bonds is 6. The standard InChI is InChI=1S/C16H25NO/c1-2-10-17-16(15-8-11-18-12-9-15)13-14-6-4-3-5-7-14/h3-7,15-17H,2,8-13H2,1H3. The van der Waals surface area contributed by atoms with Crippen molar-refractivity contribution in [3.8, 4) is 0 Å². The van der Waals surface area contributed by atoms with Crippen LogP contribution in [-0.4, -0.2) is 25.8 Å². The molecule has 2 rings (SSSR count). The Morgan fingerprint density at radius 1 is 1.22 bits per heavy atom. The highest BCUT2D eigenvalue weighted by Gasteiger charge is 2.23. The van der Waals surface area contributed by atoms with Crippen LogP contribution in [0.15, 0.2) is 30.3 Å². The lowest BCUT2D eigenvalue weighted by molar-refractivity contribution is 0.0538. The van der Waals surface area contributed by atoms with Crippen LogP contribution < -0.4 is 5.32 Å². The van der Waals surface area contributed by atoms with Crippen LogP contribution in [0.3, 0.4) is 0 Å². The van der Waals surface area contributed by atoms with Crippen LogP contribution in [0, 0.1) is 5.92 Å². The second-order valence-electron chi connectivity index (χ2n) is 5.20. The molecule has 2 heteroatoms. The van der Waals surface area contributed by atoms with Gasteiger partial charge < -0.3 is 10.1 Å². The van der Waals surface area contributed by atoms with E-state index in [2.05, 4.69) is 42.6 Å². The molecule has 0 aliphatic carbocycles. The molecule has 2 nitrogen and oxygen atoms in total. The highest BCUT2D eigenvalue weighted by atomic mass is 16.5. The van der Waals surface area contributed by atoms with Crippen molar-refractivity contribution in [3.05, 3.63) is 35.9 Å². The topological polar surface area (TPSA) is 21.3 Å². The maximum atomic E-state index is 5.48. The van der Waals surface area contributed by atoms with E-state index in [0.29, 0.717) is 6.04 Å². The molecule has 1 aliphatic rings. The second kappa shape index (κ2) is 7.55. The molecule has 0 bridgehead atoms. The summed E-state index contributed by atoms with van der Waals surface area (Å²) in [7, 11) is 0. The maximum Gasteiger partial charge on any atom is 0.0469 e. The summed E-state index contributed by atoms with van der Waals surface area (Å²) in [5.74, 6) is 0.769. The van der Waals surface area contributed by atoms with Crippen LogP contribution in [0.25, 0.3) is 0 Å². The Morgan fingerprint density at radius 2 is 1.94 bits per heavy atom.